The lowest BCUT2D eigenvalue weighted by molar-refractivity contribution is -0.122. The summed E-state index contributed by atoms with van der Waals surface area (Å²) in [5.74, 6) is 0.0535. The Morgan fingerprint density at radius 3 is 2.53 bits per heavy atom. The van der Waals surface area contributed by atoms with Crippen LogP contribution >= 0.6 is 35.0 Å². The van der Waals surface area contributed by atoms with E-state index < -0.39 is 0 Å². The summed E-state index contributed by atoms with van der Waals surface area (Å²) < 4.78 is 10.8. The molecule has 0 spiro atoms. The molecule has 8 heteroatoms. The van der Waals surface area contributed by atoms with Crippen LogP contribution in [0.15, 0.2) is 41.3 Å². The molecule has 30 heavy (non-hydrogen) atoms. The second-order valence-electron chi connectivity index (χ2n) is 6.77. The van der Waals surface area contributed by atoms with Crippen molar-refractivity contribution < 1.29 is 19.1 Å². The molecule has 1 saturated heterocycles. The van der Waals surface area contributed by atoms with Gasteiger partial charge < -0.3 is 9.47 Å². The third kappa shape index (κ3) is 5.58. The summed E-state index contributed by atoms with van der Waals surface area (Å²) in [6.45, 7) is 3.15. The van der Waals surface area contributed by atoms with E-state index in [9.17, 15) is 9.59 Å². The van der Waals surface area contributed by atoms with Gasteiger partial charge in [0, 0.05) is 20.3 Å². The van der Waals surface area contributed by atoms with Crippen molar-refractivity contribution in [1.29, 1.82) is 0 Å². The molecule has 1 fully saturated rings. The quantitative estimate of drug-likeness (QED) is 0.355. The number of ether oxygens (including phenoxy) is 2. The first-order valence-corrected chi connectivity index (χ1v) is 10.9. The van der Waals surface area contributed by atoms with Crippen LogP contribution in [0.2, 0.25) is 10.0 Å². The molecule has 2 aromatic carbocycles. The van der Waals surface area contributed by atoms with Crippen LogP contribution in [0.1, 0.15) is 23.1 Å². The number of amides is 2. The van der Waals surface area contributed by atoms with Crippen molar-refractivity contribution in [3.05, 3.63) is 68.0 Å². The van der Waals surface area contributed by atoms with Crippen molar-refractivity contribution in [1.82, 2.24) is 4.90 Å². The predicted molar refractivity (Wildman–Crippen MR) is 121 cm³/mol. The van der Waals surface area contributed by atoms with E-state index in [1.54, 1.807) is 25.3 Å². The number of methoxy groups -OCH3 is 1. The molecule has 0 atom stereocenters. The molecule has 0 radical (unpaired) electrons. The van der Waals surface area contributed by atoms with Crippen LogP contribution in [-0.2, 0) is 16.1 Å². The zero-order chi connectivity index (χ0) is 21.7. The Bertz CT molecular complexity index is 970. The highest BCUT2D eigenvalue weighted by Gasteiger charge is 2.34. The van der Waals surface area contributed by atoms with Gasteiger partial charge in [-0.3, -0.25) is 14.5 Å². The molecule has 0 bridgehead atoms. The first-order valence-electron chi connectivity index (χ1n) is 9.30. The highest BCUT2D eigenvalue weighted by Crippen LogP contribution is 2.37. The van der Waals surface area contributed by atoms with Gasteiger partial charge in [0.05, 0.1) is 15.0 Å². The maximum atomic E-state index is 12.5. The minimum Gasteiger partial charge on any atom is -0.486 e. The number of rotatable bonds is 8. The highest BCUT2D eigenvalue weighted by molar-refractivity contribution is 8.18. The topological polar surface area (TPSA) is 55.8 Å². The fourth-order valence-electron chi connectivity index (χ4n) is 2.97. The normalized spacial score (nSPS) is 15.3. The first-order chi connectivity index (χ1) is 14.4. The van der Waals surface area contributed by atoms with Gasteiger partial charge in [0.2, 0.25) is 0 Å². The summed E-state index contributed by atoms with van der Waals surface area (Å²) in [6, 6.07) is 11.3. The van der Waals surface area contributed by atoms with Gasteiger partial charge in [0.1, 0.15) is 6.61 Å². The minimum absolute atomic E-state index is 0.294. The van der Waals surface area contributed by atoms with E-state index in [0.717, 1.165) is 22.9 Å². The number of thioether (sulfide) groups is 1. The lowest BCUT2D eigenvalue weighted by atomic mass is 10.1. The fraction of sp³-hybridized carbons (Fsp3) is 0.273. The Labute approximate surface area is 189 Å². The molecule has 2 amide bonds. The molecule has 1 aliphatic heterocycles. The molecule has 0 N–H and O–H groups in total. The summed E-state index contributed by atoms with van der Waals surface area (Å²) in [7, 11) is 1.58. The molecular weight excluding hydrogens is 445 g/mol. The van der Waals surface area contributed by atoms with Gasteiger partial charge in [-0.15, -0.1) is 0 Å². The summed E-state index contributed by atoms with van der Waals surface area (Å²) in [4.78, 5) is 26.2. The Hall–Kier alpha value is -1.99. The van der Waals surface area contributed by atoms with Crippen LogP contribution in [-0.4, -0.2) is 36.3 Å². The number of carbonyl (C=O) groups is 2. The number of imide groups is 1. The Balaban J connectivity index is 1.73. The van der Waals surface area contributed by atoms with E-state index in [-0.39, 0.29) is 11.1 Å². The van der Waals surface area contributed by atoms with Crippen molar-refractivity contribution in [3.8, 4) is 5.75 Å². The molecule has 3 rings (SSSR count). The molecule has 158 valence electrons. The third-order valence-corrected chi connectivity index (χ3v) is 5.86. The predicted octanol–water partition coefficient (Wildman–Crippen LogP) is 5.95. The Kier molecular flexibility index (Phi) is 7.83. The van der Waals surface area contributed by atoms with Gasteiger partial charge in [-0.25, -0.2) is 0 Å². The second-order valence-corrected chi connectivity index (χ2v) is 8.58. The summed E-state index contributed by atoms with van der Waals surface area (Å²) in [5, 5.41) is 0.374. The fourth-order valence-corrected chi connectivity index (χ4v) is 4.45. The molecule has 5 nitrogen and oxygen atoms in total. The number of hydrogen-bond donors (Lipinski definition) is 0. The number of halogens is 2. The molecule has 1 aliphatic rings. The molecule has 2 aromatic rings. The van der Waals surface area contributed by atoms with Crippen molar-refractivity contribution in [2.75, 3.05) is 20.3 Å². The number of hydrogen-bond acceptors (Lipinski definition) is 5. The highest BCUT2D eigenvalue weighted by atomic mass is 35.5. The zero-order valence-corrected chi connectivity index (χ0v) is 18.9. The minimum atomic E-state index is -0.326. The average molecular weight is 466 g/mol. The number of aryl methyl sites for hydroxylation is 1. The van der Waals surface area contributed by atoms with Crippen LogP contribution in [0.25, 0.3) is 6.08 Å². The van der Waals surface area contributed by atoms with E-state index >= 15 is 0 Å². The van der Waals surface area contributed by atoms with Crippen molar-refractivity contribution in [2.24, 2.45) is 0 Å². The van der Waals surface area contributed by atoms with E-state index in [1.807, 2.05) is 31.2 Å². The molecule has 0 unspecified atom stereocenters. The smallest absolute Gasteiger partial charge is 0.293 e. The summed E-state index contributed by atoms with van der Waals surface area (Å²) >= 11 is 13.6. The van der Waals surface area contributed by atoms with E-state index in [4.69, 9.17) is 32.7 Å². The van der Waals surface area contributed by atoms with Crippen LogP contribution < -0.4 is 4.74 Å². The van der Waals surface area contributed by atoms with Gasteiger partial charge in [-0.2, -0.15) is 0 Å². The maximum absolute atomic E-state index is 12.5. The van der Waals surface area contributed by atoms with Gasteiger partial charge in [-0.1, -0.05) is 53.0 Å². The molecule has 0 aliphatic carbocycles. The van der Waals surface area contributed by atoms with Crippen LogP contribution in [0.3, 0.4) is 0 Å². The largest absolute Gasteiger partial charge is 0.486 e. The lowest BCUT2D eigenvalue weighted by Gasteiger charge is -2.12. The molecule has 0 saturated carbocycles. The van der Waals surface area contributed by atoms with Gasteiger partial charge in [-0.05, 0) is 54.4 Å². The van der Waals surface area contributed by atoms with Gasteiger partial charge in [0.15, 0.2) is 5.75 Å². The lowest BCUT2D eigenvalue weighted by Crippen LogP contribution is -2.29. The molecule has 0 aromatic heterocycles. The van der Waals surface area contributed by atoms with Crippen LogP contribution in [0.5, 0.6) is 5.75 Å². The molecular formula is C22H21Cl2NO4S. The zero-order valence-electron chi connectivity index (χ0n) is 16.6. The van der Waals surface area contributed by atoms with E-state index in [0.29, 0.717) is 52.4 Å². The Morgan fingerprint density at radius 2 is 1.87 bits per heavy atom. The number of carbonyl (C=O) groups excluding carboxylic acids is 2. The average Bonchev–Trinajstić information content (AvgIpc) is 2.95. The van der Waals surface area contributed by atoms with Crippen LogP contribution in [0.4, 0.5) is 4.79 Å². The second kappa shape index (κ2) is 10.4. The molecule has 1 heterocycles. The SMILES string of the molecule is COCCCN1C(=O)S/C(=C/c2cc(Cl)c(OCc3cccc(C)c3)c(Cl)c2)C1=O. The summed E-state index contributed by atoms with van der Waals surface area (Å²) in [6.07, 6.45) is 2.20. The van der Waals surface area contributed by atoms with Gasteiger partial charge >= 0.3 is 0 Å². The van der Waals surface area contributed by atoms with Gasteiger partial charge in [0.25, 0.3) is 11.1 Å². The third-order valence-electron chi connectivity index (χ3n) is 4.39. The number of benzene rings is 2. The van der Waals surface area contributed by atoms with Crippen molar-refractivity contribution in [2.45, 2.75) is 20.0 Å². The van der Waals surface area contributed by atoms with E-state index in [2.05, 4.69) is 0 Å². The standard InChI is InChI=1S/C22H21Cl2NO4S/c1-14-5-3-6-15(9-14)13-29-20-17(23)10-16(11-18(20)24)12-19-21(26)25(22(27)30-19)7-4-8-28-2/h3,5-6,9-12H,4,7-8,13H2,1-2H3/b19-12+. The Morgan fingerprint density at radius 1 is 1.13 bits per heavy atom. The van der Waals surface area contributed by atoms with Crippen molar-refractivity contribution in [3.63, 3.8) is 0 Å². The van der Waals surface area contributed by atoms with Crippen molar-refractivity contribution >= 4 is 52.2 Å². The number of nitrogens with zero attached hydrogens (tertiary/aromatic N) is 1. The van der Waals surface area contributed by atoms with Crippen LogP contribution in [0, 0.1) is 6.92 Å². The van der Waals surface area contributed by atoms with E-state index in [1.165, 1.54) is 4.90 Å². The summed E-state index contributed by atoms with van der Waals surface area (Å²) in [5.41, 5.74) is 2.77. The maximum Gasteiger partial charge on any atom is 0.293 e. The first kappa shape index (κ1) is 22.7. The monoisotopic (exact) mass is 465 g/mol.